The van der Waals surface area contributed by atoms with E-state index in [1.807, 2.05) is 23.6 Å². The molecule has 0 aliphatic heterocycles. The van der Waals surface area contributed by atoms with Crippen molar-refractivity contribution in [3.8, 4) is 11.3 Å². The lowest BCUT2D eigenvalue weighted by molar-refractivity contribution is 0.555. The molecular weight excluding hydrogens is 382 g/mol. The van der Waals surface area contributed by atoms with Crippen molar-refractivity contribution in [1.29, 1.82) is 0 Å². The van der Waals surface area contributed by atoms with Crippen molar-refractivity contribution in [2.24, 2.45) is 0 Å². The van der Waals surface area contributed by atoms with Gasteiger partial charge in [0.05, 0.1) is 11.2 Å². The molecule has 0 aliphatic carbocycles. The van der Waals surface area contributed by atoms with Gasteiger partial charge in [0.1, 0.15) is 0 Å². The third kappa shape index (κ3) is 4.95. The van der Waals surface area contributed by atoms with Crippen molar-refractivity contribution >= 4 is 33.3 Å². The Bertz CT molecular complexity index is 1120. The Balaban J connectivity index is 1.37. The summed E-state index contributed by atoms with van der Waals surface area (Å²) in [5.74, 6) is -0.442. The minimum Gasteiger partial charge on any atom is -0.408 e. The van der Waals surface area contributed by atoms with Gasteiger partial charge >= 0.3 is 5.76 Å². The van der Waals surface area contributed by atoms with E-state index in [1.54, 1.807) is 11.3 Å². The summed E-state index contributed by atoms with van der Waals surface area (Å²) in [7, 11) is 0. The molecule has 2 aromatic heterocycles. The van der Waals surface area contributed by atoms with Gasteiger partial charge in [0, 0.05) is 16.6 Å². The van der Waals surface area contributed by atoms with Crippen molar-refractivity contribution in [3.63, 3.8) is 0 Å². The molecule has 0 amide bonds. The van der Waals surface area contributed by atoms with Crippen LogP contribution >= 0.6 is 11.3 Å². The molecule has 0 saturated carbocycles. The number of thiazole rings is 1. The first-order chi connectivity index (χ1) is 14.2. The average molecular weight is 408 g/mol. The summed E-state index contributed by atoms with van der Waals surface area (Å²) < 4.78 is 5.14. The van der Waals surface area contributed by atoms with Crippen molar-refractivity contribution < 1.29 is 4.42 Å². The molecule has 0 fully saturated rings. The summed E-state index contributed by atoms with van der Waals surface area (Å²) >= 11 is 1.55. The van der Waals surface area contributed by atoms with Crippen LogP contribution in [0, 0.1) is 0 Å². The molecule has 0 saturated heterocycles. The van der Waals surface area contributed by atoms with E-state index in [-0.39, 0.29) is 0 Å². The molecule has 0 radical (unpaired) electrons. The van der Waals surface area contributed by atoms with Gasteiger partial charge in [0.15, 0.2) is 10.7 Å². The van der Waals surface area contributed by atoms with E-state index in [4.69, 9.17) is 4.42 Å². The number of aryl methyl sites for hydroxylation is 1. The zero-order chi connectivity index (χ0) is 20.1. The summed E-state index contributed by atoms with van der Waals surface area (Å²) in [5, 5.41) is 6.21. The van der Waals surface area contributed by atoms with Crippen LogP contribution in [-0.4, -0.2) is 9.97 Å². The Morgan fingerprint density at radius 2 is 1.90 bits per heavy atom. The first kappa shape index (κ1) is 19.5. The Morgan fingerprint density at radius 3 is 2.72 bits per heavy atom. The minimum absolute atomic E-state index is 0.442. The van der Waals surface area contributed by atoms with Gasteiger partial charge < -0.3 is 9.73 Å². The van der Waals surface area contributed by atoms with Crippen LogP contribution in [0.15, 0.2) is 57.1 Å². The fourth-order valence-corrected chi connectivity index (χ4v) is 4.12. The largest absolute Gasteiger partial charge is 0.417 e. The van der Waals surface area contributed by atoms with E-state index >= 15 is 0 Å². The molecule has 2 heterocycles. The van der Waals surface area contributed by atoms with Crippen molar-refractivity contribution in [3.05, 3.63) is 64.0 Å². The molecule has 0 atom stereocenters. The highest BCUT2D eigenvalue weighted by Gasteiger charge is 2.08. The SMILES string of the molecule is CCCCCCCc1ccc(Nc2nc(-c3ccc4[nH]c(=O)oc4c3)cs2)cc1. The Kier molecular flexibility index (Phi) is 6.10. The number of rotatable bonds is 9. The van der Waals surface area contributed by atoms with Crippen LogP contribution in [0.5, 0.6) is 0 Å². The van der Waals surface area contributed by atoms with Crippen LogP contribution < -0.4 is 11.1 Å². The maximum absolute atomic E-state index is 11.3. The number of nitrogens with one attached hydrogen (secondary N) is 2. The highest BCUT2D eigenvalue weighted by atomic mass is 32.1. The van der Waals surface area contributed by atoms with E-state index in [2.05, 4.69) is 46.5 Å². The summed E-state index contributed by atoms with van der Waals surface area (Å²) in [5.41, 5.74) is 5.42. The van der Waals surface area contributed by atoms with Gasteiger partial charge in [-0.1, -0.05) is 50.8 Å². The third-order valence-electron chi connectivity index (χ3n) is 5.00. The lowest BCUT2D eigenvalue weighted by Gasteiger charge is -2.05. The van der Waals surface area contributed by atoms with E-state index in [9.17, 15) is 4.79 Å². The minimum atomic E-state index is -0.442. The number of oxazole rings is 1. The van der Waals surface area contributed by atoms with E-state index in [0.717, 1.165) is 28.5 Å². The van der Waals surface area contributed by atoms with Gasteiger partial charge in [-0.15, -0.1) is 11.3 Å². The highest BCUT2D eigenvalue weighted by molar-refractivity contribution is 7.14. The molecule has 0 unspecified atom stereocenters. The standard InChI is InChI=1S/C23H25N3O2S/c1-2-3-4-5-6-7-16-8-11-18(12-9-16)24-22-25-20(15-29-22)17-10-13-19-21(14-17)28-23(27)26-19/h8-15H,2-7H2,1H3,(H,24,25)(H,26,27). The van der Waals surface area contributed by atoms with Crippen molar-refractivity contribution in [2.45, 2.75) is 45.4 Å². The molecule has 2 N–H and O–H groups in total. The average Bonchev–Trinajstić information content (AvgIpc) is 3.34. The second kappa shape index (κ2) is 9.09. The van der Waals surface area contributed by atoms with Crippen LogP contribution in [0.25, 0.3) is 22.4 Å². The fraction of sp³-hybridized carbons (Fsp3) is 0.304. The maximum atomic E-state index is 11.3. The number of hydrogen-bond acceptors (Lipinski definition) is 5. The number of H-pyrrole nitrogens is 1. The predicted molar refractivity (Wildman–Crippen MR) is 120 cm³/mol. The van der Waals surface area contributed by atoms with Gasteiger partial charge in [0.2, 0.25) is 0 Å². The summed E-state index contributed by atoms with van der Waals surface area (Å²) in [6.45, 7) is 2.25. The third-order valence-corrected chi connectivity index (χ3v) is 5.75. The molecule has 0 spiro atoms. The normalized spacial score (nSPS) is 11.2. The molecule has 2 aromatic carbocycles. The highest BCUT2D eigenvalue weighted by Crippen LogP contribution is 2.29. The Hall–Kier alpha value is -2.86. The second-order valence-electron chi connectivity index (χ2n) is 7.25. The first-order valence-corrected chi connectivity index (χ1v) is 11.0. The Morgan fingerprint density at radius 1 is 1.07 bits per heavy atom. The number of hydrogen-bond donors (Lipinski definition) is 2. The molecule has 0 bridgehead atoms. The number of unbranched alkanes of at least 4 members (excludes halogenated alkanes) is 4. The first-order valence-electron chi connectivity index (χ1n) is 10.2. The van der Waals surface area contributed by atoms with Gasteiger partial charge in [-0.3, -0.25) is 4.98 Å². The molecular formula is C23H25N3O2S. The van der Waals surface area contributed by atoms with Gasteiger partial charge in [-0.05, 0) is 42.7 Å². The monoisotopic (exact) mass is 407 g/mol. The van der Waals surface area contributed by atoms with Crippen LogP contribution in [0.3, 0.4) is 0 Å². The van der Waals surface area contributed by atoms with E-state index in [1.165, 1.54) is 37.7 Å². The number of benzene rings is 2. The topological polar surface area (TPSA) is 70.9 Å². The van der Waals surface area contributed by atoms with Crippen LogP contribution in [0.1, 0.15) is 44.6 Å². The van der Waals surface area contributed by atoms with Crippen molar-refractivity contribution in [1.82, 2.24) is 9.97 Å². The predicted octanol–water partition coefficient (Wildman–Crippen LogP) is 6.50. The lowest BCUT2D eigenvalue weighted by Crippen LogP contribution is -1.92. The zero-order valence-electron chi connectivity index (χ0n) is 16.5. The summed E-state index contributed by atoms with van der Waals surface area (Å²) in [6.07, 6.45) is 7.68. The van der Waals surface area contributed by atoms with Crippen molar-refractivity contribution in [2.75, 3.05) is 5.32 Å². The molecule has 4 aromatic rings. The molecule has 6 heteroatoms. The fourth-order valence-electron chi connectivity index (χ4n) is 3.38. The quantitative estimate of drug-likeness (QED) is 0.311. The number of fused-ring (bicyclic) bond motifs is 1. The number of aromatic nitrogens is 2. The van der Waals surface area contributed by atoms with E-state index < -0.39 is 5.76 Å². The molecule has 29 heavy (non-hydrogen) atoms. The number of nitrogens with zero attached hydrogens (tertiary/aromatic N) is 1. The number of anilines is 2. The van der Waals surface area contributed by atoms with E-state index in [0.29, 0.717) is 11.1 Å². The van der Waals surface area contributed by atoms with Crippen LogP contribution in [-0.2, 0) is 6.42 Å². The van der Waals surface area contributed by atoms with Gasteiger partial charge in [0.25, 0.3) is 0 Å². The molecule has 150 valence electrons. The zero-order valence-corrected chi connectivity index (χ0v) is 17.3. The molecule has 5 nitrogen and oxygen atoms in total. The molecule has 4 rings (SSSR count). The van der Waals surface area contributed by atoms with Crippen LogP contribution in [0.2, 0.25) is 0 Å². The summed E-state index contributed by atoms with van der Waals surface area (Å²) in [4.78, 5) is 18.6. The van der Waals surface area contributed by atoms with Crippen LogP contribution in [0.4, 0.5) is 10.8 Å². The molecule has 0 aliphatic rings. The maximum Gasteiger partial charge on any atom is 0.417 e. The van der Waals surface area contributed by atoms with Gasteiger partial charge in [-0.25, -0.2) is 9.78 Å². The second-order valence-corrected chi connectivity index (χ2v) is 8.11. The Labute approximate surface area is 173 Å². The lowest BCUT2D eigenvalue weighted by atomic mass is 10.1. The van der Waals surface area contributed by atoms with Gasteiger partial charge in [-0.2, -0.15) is 0 Å². The smallest absolute Gasteiger partial charge is 0.408 e. The summed E-state index contributed by atoms with van der Waals surface area (Å²) in [6, 6.07) is 14.2. The number of aromatic amines is 1.